The molecule has 0 saturated carbocycles. The summed E-state index contributed by atoms with van der Waals surface area (Å²) in [4.78, 5) is 2.17. The highest BCUT2D eigenvalue weighted by Gasteiger charge is 2.39. The molecule has 1 unspecified atom stereocenters. The zero-order valence-electron chi connectivity index (χ0n) is 11.7. The number of aromatic nitrogens is 3. The molecule has 2 rings (SSSR count). The van der Waals surface area contributed by atoms with Gasteiger partial charge in [0.2, 0.25) is 5.82 Å². The van der Waals surface area contributed by atoms with Crippen molar-refractivity contribution in [2.24, 2.45) is 0 Å². The highest BCUT2D eigenvalue weighted by Crippen LogP contribution is 2.29. The Morgan fingerprint density at radius 2 is 2.05 bits per heavy atom. The van der Waals surface area contributed by atoms with Gasteiger partial charge in [0, 0.05) is 19.1 Å². The molecule has 0 spiro atoms. The van der Waals surface area contributed by atoms with Crippen molar-refractivity contribution in [1.82, 2.24) is 25.0 Å². The zero-order valence-corrected chi connectivity index (χ0v) is 11.7. The van der Waals surface area contributed by atoms with Gasteiger partial charge in [0.15, 0.2) is 0 Å². The second kappa shape index (κ2) is 6.09. The minimum absolute atomic E-state index is 0.299. The lowest BCUT2D eigenvalue weighted by Gasteiger charge is -2.32. The van der Waals surface area contributed by atoms with E-state index < -0.39 is 12.0 Å². The van der Waals surface area contributed by atoms with Crippen molar-refractivity contribution in [2.45, 2.75) is 45.1 Å². The van der Waals surface area contributed by atoms with Gasteiger partial charge in [-0.05, 0) is 33.4 Å². The summed E-state index contributed by atoms with van der Waals surface area (Å²) >= 11 is 0. The number of hydrogen-bond acceptors (Lipinski definition) is 4. The Bertz CT molecular complexity index is 443. The smallest absolute Gasteiger partial charge is 0.320 e. The minimum atomic E-state index is -4.42. The summed E-state index contributed by atoms with van der Waals surface area (Å²) in [6.07, 6.45) is -2.36. The SMILES string of the molecule is CNCCCC(C)N1CCn2c(nnc2C(F)(F)F)C1. The van der Waals surface area contributed by atoms with E-state index in [1.165, 1.54) is 4.57 Å². The molecule has 0 amide bonds. The molecule has 0 radical (unpaired) electrons. The van der Waals surface area contributed by atoms with Crippen molar-refractivity contribution in [3.8, 4) is 0 Å². The van der Waals surface area contributed by atoms with Crippen LogP contribution < -0.4 is 5.32 Å². The fourth-order valence-electron chi connectivity index (χ4n) is 2.52. The Hall–Kier alpha value is -1.15. The van der Waals surface area contributed by atoms with Crippen LogP contribution in [0.4, 0.5) is 13.2 Å². The van der Waals surface area contributed by atoms with Crippen LogP contribution in [0.2, 0.25) is 0 Å². The van der Waals surface area contributed by atoms with Crippen LogP contribution in [0.1, 0.15) is 31.4 Å². The topological polar surface area (TPSA) is 46.0 Å². The molecule has 8 heteroatoms. The van der Waals surface area contributed by atoms with E-state index in [9.17, 15) is 13.2 Å². The summed E-state index contributed by atoms with van der Waals surface area (Å²) in [5, 5.41) is 10.1. The number of fused-ring (bicyclic) bond motifs is 1. The molecule has 2 heterocycles. The molecule has 1 aliphatic heterocycles. The molecule has 114 valence electrons. The molecule has 1 aliphatic rings. The Kier molecular flexibility index (Phi) is 4.64. The van der Waals surface area contributed by atoms with E-state index in [2.05, 4.69) is 27.3 Å². The van der Waals surface area contributed by atoms with E-state index in [-0.39, 0.29) is 0 Å². The van der Waals surface area contributed by atoms with Gasteiger partial charge >= 0.3 is 6.18 Å². The summed E-state index contributed by atoms with van der Waals surface area (Å²) in [6, 6.07) is 0.336. The molecule has 0 aliphatic carbocycles. The van der Waals surface area contributed by atoms with Gasteiger partial charge in [0.25, 0.3) is 0 Å². The number of nitrogens with zero attached hydrogens (tertiary/aromatic N) is 4. The van der Waals surface area contributed by atoms with Crippen LogP contribution >= 0.6 is 0 Å². The lowest BCUT2D eigenvalue weighted by atomic mass is 10.1. The molecule has 1 aromatic rings. The van der Waals surface area contributed by atoms with Crippen LogP contribution in [-0.4, -0.2) is 45.8 Å². The fourth-order valence-corrected chi connectivity index (χ4v) is 2.52. The van der Waals surface area contributed by atoms with Crippen LogP contribution in [0.3, 0.4) is 0 Å². The quantitative estimate of drug-likeness (QED) is 0.835. The molecule has 0 bridgehead atoms. The summed E-state index contributed by atoms with van der Waals surface area (Å²) in [6.45, 7) is 4.39. The summed E-state index contributed by atoms with van der Waals surface area (Å²) in [5.41, 5.74) is 0. The Morgan fingerprint density at radius 3 is 2.70 bits per heavy atom. The van der Waals surface area contributed by atoms with Crippen molar-refractivity contribution in [3.05, 3.63) is 11.6 Å². The molecule has 1 N–H and O–H groups in total. The maximum Gasteiger partial charge on any atom is 0.451 e. The third-order valence-corrected chi connectivity index (χ3v) is 3.71. The van der Waals surface area contributed by atoms with Crippen LogP contribution in [0, 0.1) is 0 Å². The van der Waals surface area contributed by atoms with Crippen molar-refractivity contribution in [2.75, 3.05) is 20.1 Å². The van der Waals surface area contributed by atoms with E-state index in [0.717, 1.165) is 19.4 Å². The van der Waals surface area contributed by atoms with Gasteiger partial charge in [-0.1, -0.05) is 0 Å². The van der Waals surface area contributed by atoms with Gasteiger partial charge in [0.1, 0.15) is 5.82 Å². The van der Waals surface area contributed by atoms with Gasteiger partial charge in [-0.25, -0.2) is 0 Å². The molecule has 0 saturated heterocycles. The Balaban J connectivity index is 2.00. The number of nitrogens with one attached hydrogen (secondary N) is 1. The first-order valence-electron chi connectivity index (χ1n) is 6.81. The minimum Gasteiger partial charge on any atom is -0.320 e. The molecular formula is C12H20F3N5. The van der Waals surface area contributed by atoms with Gasteiger partial charge in [-0.3, -0.25) is 4.90 Å². The first-order valence-corrected chi connectivity index (χ1v) is 6.81. The largest absolute Gasteiger partial charge is 0.451 e. The molecule has 5 nitrogen and oxygen atoms in total. The van der Waals surface area contributed by atoms with Gasteiger partial charge in [0.05, 0.1) is 6.54 Å². The monoisotopic (exact) mass is 291 g/mol. The Morgan fingerprint density at radius 1 is 1.30 bits per heavy atom. The normalized spacial score (nSPS) is 18.1. The van der Waals surface area contributed by atoms with E-state index in [0.29, 0.717) is 31.5 Å². The predicted molar refractivity (Wildman–Crippen MR) is 68.1 cm³/mol. The summed E-state index contributed by atoms with van der Waals surface area (Å²) in [5.74, 6) is -0.473. The molecule has 0 aromatic carbocycles. The van der Waals surface area contributed by atoms with Crippen molar-refractivity contribution < 1.29 is 13.2 Å². The van der Waals surface area contributed by atoms with E-state index in [1.54, 1.807) is 0 Å². The standard InChI is InChI=1S/C12H20F3N5/c1-9(4-3-5-16-2)19-6-7-20-10(8-19)17-18-11(20)12(13,14)15/h9,16H,3-8H2,1-2H3. The number of hydrogen-bond donors (Lipinski definition) is 1. The summed E-state index contributed by atoms with van der Waals surface area (Å²) in [7, 11) is 1.91. The van der Waals surface area contributed by atoms with Gasteiger partial charge < -0.3 is 9.88 Å². The van der Waals surface area contributed by atoms with Crippen molar-refractivity contribution in [3.63, 3.8) is 0 Å². The maximum absolute atomic E-state index is 12.7. The van der Waals surface area contributed by atoms with Crippen molar-refractivity contribution >= 4 is 0 Å². The molecular weight excluding hydrogens is 271 g/mol. The van der Waals surface area contributed by atoms with E-state index in [4.69, 9.17) is 0 Å². The second-order valence-electron chi connectivity index (χ2n) is 5.15. The lowest BCUT2D eigenvalue weighted by molar-refractivity contribution is -0.148. The average Bonchev–Trinajstić information content (AvgIpc) is 2.81. The molecule has 1 atom stereocenters. The van der Waals surface area contributed by atoms with E-state index in [1.807, 2.05) is 7.05 Å². The van der Waals surface area contributed by atoms with Gasteiger partial charge in [-0.2, -0.15) is 13.2 Å². The third-order valence-electron chi connectivity index (χ3n) is 3.71. The first kappa shape index (κ1) is 15.2. The first-order chi connectivity index (χ1) is 9.43. The van der Waals surface area contributed by atoms with E-state index >= 15 is 0 Å². The van der Waals surface area contributed by atoms with Gasteiger partial charge in [-0.15, -0.1) is 10.2 Å². The molecule has 0 fully saturated rings. The average molecular weight is 291 g/mol. The second-order valence-corrected chi connectivity index (χ2v) is 5.15. The van der Waals surface area contributed by atoms with Crippen LogP contribution in [0.25, 0.3) is 0 Å². The predicted octanol–water partition coefficient (Wildman–Crippen LogP) is 1.50. The number of alkyl halides is 3. The Labute approximate surface area is 116 Å². The third kappa shape index (κ3) is 3.29. The summed E-state index contributed by atoms with van der Waals surface area (Å²) < 4.78 is 39.4. The van der Waals surface area contributed by atoms with Crippen molar-refractivity contribution in [1.29, 1.82) is 0 Å². The van der Waals surface area contributed by atoms with Crippen LogP contribution in [0.15, 0.2) is 0 Å². The zero-order chi connectivity index (χ0) is 14.8. The highest BCUT2D eigenvalue weighted by atomic mass is 19.4. The van der Waals surface area contributed by atoms with Crippen LogP contribution in [0.5, 0.6) is 0 Å². The molecule has 20 heavy (non-hydrogen) atoms. The highest BCUT2D eigenvalue weighted by molar-refractivity contribution is 5.02. The number of halogens is 3. The lowest BCUT2D eigenvalue weighted by Crippen LogP contribution is -2.40. The maximum atomic E-state index is 12.7. The molecule has 1 aromatic heterocycles. The van der Waals surface area contributed by atoms with Crippen LogP contribution in [-0.2, 0) is 19.3 Å². The fraction of sp³-hybridized carbons (Fsp3) is 0.833. The number of rotatable bonds is 5.